The van der Waals surface area contributed by atoms with E-state index in [0.717, 1.165) is 44.3 Å². The third kappa shape index (κ3) is 6.99. The number of unbranched alkanes of at least 4 members (excludes halogenated alkanes) is 1. The minimum absolute atomic E-state index is 0.0528. The van der Waals surface area contributed by atoms with Crippen molar-refractivity contribution in [3.8, 4) is 0 Å². The zero-order valence-corrected chi connectivity index (χ0v) is 20.5. The van der Waals surface area contributed by atoms with E-state index in [1.807, 2.05) is 38.1 Å². The van der Waals surface area contributed by atoms with E-state index in [1.54, 1.807) is 12.1 Å². The predicted molar refractivity (Wildman–Crippen MR) is 139 cm³/mol. The molecule has 0 fully saturated rings. The van der Waals surface area contributed by atoms with Gasteiger partial charge < -0.3 is 11.1 Å². The second-order valence-corrected chi connectivity index (χ2v) is 9.07. The normalized spacial score (nSPS) is 13.3. The molecule has 2 aromatic carbocycles. The Morgan fingerprint density at radius 1 is 0.882 bits per heavy atom. The SMILES string of the molecule is CC(C)=CCC1=C(NCCCCN(CN)CCCc2ccccc2)C(=O)c2ccccc2C1=O. The fraction of sp³-hybridized carbons (Fsp3) is 0.379. The van der Waals surface area contributed by atoms with Gasteiger partial charge in [0.1, 0.15) is 0 Å². The molecule has 0 radical (unpaired) electrons. The van der Waals surface area contributed by atoms with Gasteiger partial charge in [-0.05, 0) is 64.6 Å². The lowest BCUT2D eigenvalue weighted by Gasteiger charge is -2.22. The fourth-order valence-electron chi connectivity index (χ4n) is 4.23. The van der Waals surface area contributed by atoms with Crippen LogP contribution < -0.4 is 11.1 Å². The van der Waals surface area contributed by atoms with Gasteiger partial charge in [-0.1, -0.05) is 66.2 Å². The number of nitrogens with zero attached hydrogens (tertiary/aromatic N) is 1. The first kappa shape index (κ1) is 25.6. The Morgan fingerprint density at radius 2 is 1.53 bits per heavy atom. The van der Waals surface area contributed by atoms with Gasteiger partial charge in [0.05, 0.1) is 5.70 Å². The van der Waals surface area contributed by atoms with Crippen molar-refractivity contribution < 1.29 is 9.59 Å². The number of nitrogens with one attached hydrogen (secondary N) is 1. The quantitative estimate of drug-likeness (QED) is 0.253. The molecule has 1 aliphatic carbocycles. The lowest BCUT2D eigenvalue weighted by molar-refractivity contribution is 0.0967. The van der Waals surface area contributed by atoms with Crippen molar-refractivity contribution >= 4 is 11.6 Å². The summed E-state index contributed by atoms with van der Waals surface area (Å²) in [6, 6.07) is 17.6. The molecule has 0 bridgehead atoms. The maximum atomic E-state index is 13.2. The van der Waals surface area contributed by atoms with Gasteiger partial charge in [0.2, 0.25) is 5.78 Å². The number of fused-ring (bicyclic) bond motifs is 1. The number of ketones is 2. The topological polar surface area (TPSA) is 75.4 Å². The highest BCUT2D eigenvalue weighted by molar-refractivity contribution is 6.26. The van der Waals surface area contributed by atoms with E-state index in [1.165, 1.54) is 5.56 Å². The van der Waals surface area contributed by atoms with E-state index < -0.39 is 0 Å². The van der Waals surface area contributed by atoms with Crippen LogP contribution in [0.2, 0.25) is 0 Å². The average Bonchev–Trinajstić information content (AvgIpc) is 2.85. The molecule has 0 atom stereocenters. The largest absolute Gasteiger partial charge is 0.382 e. The summed E-state index contributed by atoms with van der Waals surface area (Å²) in [6.45, 7) is 7.09. The van der Waals surface area contributed by atoms with Crippen LogP contribution in [0.15, 0.2) is 77.5 Å². The first-order chi connectivity index (χ1) is 16.5. The molecule has 180 valence electrons. The van der Waals surface area contributed by atoms with E-state index in [2.05, 4.69) is 34.5 Å². The Bertz CT molecular complexity index is 1040. The van der Waals surface area contributed by atoms with Crippen LogP contribution in [0.4, 0.5) is 0 Å². The van der Waals surface area contributed by atoms with Crippen molar-refractivity contribution in [2.24, 2.45) is 5.73 Å². The van der Waals surface area contributed by atoms with Gasteiger partial charge in [-0.2, -0.15) is 0 Å². The smallest absolute Gasteiger partial charge is 0.210 e. The Morgan fingerprint density at radius 3 is 2.21 bits per heavy atom. The summed E-state index contributed by atoms with van der Waals surface area (Å²) in [4.78, 5) is 28.5. The number of aryl methyl sites for hydroxylation is 1. The third-order valence-corrected chi connectivity index (χ3v) is 6.18. The van der Waals surface area contributed by atoms with Crippen molar-refractivity contribution in [3.63, 3.8) is 0 Å². The molecule has 5 heteroatoms. The molecule has 5 nitrogen and oxygen atoms in total. The molecule has 0 aliphatic heterocycles. The van der Waals surface area contributed by atoms with Gasteiger partial charge in [-0.3, -0.25) is 14.5 Å². The van der Waals surface area contributed by atoms with Crippen LogP contribution in [0.25, 0.3) is 0 Å². The van der Waals surface area contributed by atoms with Crippen LogP contribution >= 0.6 is 0 Å². The summed E-state index contributed by atoms with van der Waals surface area (Å²) < 4.78 is 0. The summed E-state index contributed by atoms with van der Waals surface area (Å²) >= 11 is 0. The number of carbonyl (C=O) groups is 2. The minimum atomic E-state index is -0.0862. The van der Waals surface area contributed by atoms with Gasteiger partial charge in [0, 0.05) is 29.9 Å². The van der Waals surface area contributed by atoms with E-state index in [0.29, 0.717) is 42.0 Å². The molecule has 0 aromatic heterocycles. The number of nitrogens with two attached hydrogens (primary N) is 1. The van der Waals surface area contributed by atoms with Crippen LogP contribution in [0.5, 0.6) is 0 Å². The number of benzene rings is 2. The Kier molecular flexibility index (Phi) is 9.80. The van der Waals surface area contributed by atoms with Crippen molar-refractivity contribution in [1.29, 1.82) is 0 Å². The summed E-state index contributed by atoms with van der Waals surface area (Å²) in [5.41, 5.74) is 10.5. The first-order valence-corrected chi connectivity index (χ1v) is 12.3. The molecule has 2 aromatic rings. The predicted octanol–water partition coefficient (Wildman–Crippen LogP) is 4.90. The molecule has 0 heterocycles. The number of allylic oxidation sites excluding steroid dienone is 4. The molecular formula is C29H37N3O2. The number of hydrogen-bond donors (Lipinski definition) is 2. The van der Waals surface area contributed by atoms with Crippen molar-refractivity contribution in [2.75, 3.05) is 26.3 Å². The highest BCUT2D eigenvalue weighted by Gasteiger charge is 2.31. The highest BCUT2D eigenvalue weighted by Crippen LogP contribution is 2.27. The van der Waals surface area contributed by atoms with Gasteiger partial charge in [-0.25, -0.2) is 0 Å². The van der Waals surface area contributed by atoms with E-state index in [9.17, 15) is 9.59 Å². The molecule has 0 amide bonds. The molecule has 0 unspecified atom stereocenters. The van der Waals surface area contributed by atoms with Crippen molar-refractivity contribution in [2.45, 2.75) is 46.0 Å². The molecule has 1 aliphatic rings. The van der Waals surface area contributed by atoms with Gasteiger partial charge in [0.15, 0.2) is 5.78 Å². The van der Waals surface area contributed by atoms with Gasteiger partial charge in [0.25, 0.3) is 0 Å². The van der Waals surface area contributed by atoms with Crippen molar-refractivity contribution in [1.82, 2.24) is 10.2 Å². The minimum Gasteiger partial charge on any atom is -0.382 e. The highest BCUT2D eigenvalue weighted by atomic mass is 16.1. The maximum Gasteiger partial charge on any atom is 0.210 e. The summed E-state index contributed by atoms with van der Waals surface area (Å²) in [7, 11) is 0. The number of hydrogen-bond acceptors (Lipinski definition) is 5. The summed E-state index contributed by atoms with van der Waals surface area (Å²) in [5.74, 6) is -0.139. The van der Waals surface area contributed by atoms with E-state index >= 15 is 0 Å². The molecular weight excluding hydrogens is 422 g/mol. The molecule has 0 saturated carbocycles. The zero-order valence-electron chi connectivity index (χ0n) is 20.5. The molecule has 0 saturated heterocycles. The van der Waals surface area contributed by atoms with E-state index in [4.69, 9.17) is 5.73 Å². The van der Waals surface area contributed by atoms with Gasteiger partial charge in [-0.15, -0.1) is 0 Å². The van der Waals surface area contributed by atoms with Crippen LogP contribution in [-0.2, 0) is 6.42 Å². The lowest BCUT2D eigenvalue weighted by Crippen LogP contribution is -2.33. The van der Waals surface area contributed by atoms with Crippen molar-refractivity contribution in [3.05, 3.63) is 94.2 Å². The van der Waals surface area contributed by atoms with Crippen LogP contribution in [0.1, 0.15) is 65.8 Å². The fourth-order valence-corrected chi connectivity index (χ4v) is 4.23. The first-order valence-electron chi connectivity index (χ1n) is 12.3. The average molecular weight is 460 g/mol. The number of rotatable bonds is 13. The summed E-state index contributed by atoms with van der Waals surface area (Å²) in [6.07, 6.45) is 6.48. The molecule has 0 spiro atoms. The zero-order chi connectivity index (χ0) is 24.3. The Labute approximate surface area is 203 Å². The maximum absolute atomic E-state index is 13.2. The Balaban J connectivity index is 1.52. The molecule has 3 rings (SSSR count). The van der Waals surface area contributed by atoms with Crippen LogP contribution in [-0.4, -0.2) is 42.8 Å². The Hall–Kier alpha value is -3.02. The summed E-state index contributed by atoms with van der Waals surface area (Å²) in [5, 5.41) is 3.30. The van der Waals surface area contributed by atoms with Crippen LogP contribution in [0, 0.1) is 0 Å². The molecule has 3 N–H and O–H groups in total. The van der Waals surface area contributed by atoms with Crippen LogP contribution in [0.3, 0.4) is 0 Å². The standard InChI is InChI=1S/C29H37N3O2/c1-22(2)16-17-26-27(29(34)25-15-7-6-14-24(25)28(26)33)31-18-8-9-19-32(21-30)20-10-13-23-11-4-3-5-12-23/h3-7,11-12,14-16,31H,8-10,13,17-21,30H2,1-2H3. The number of carbonyl (C=O) groups excluding carboxylic acids is 2. The third-order valence-electron chi connectivity index (χ3n) is 6.18. The second-order valence-electron chi connectivity index (χ2n) is 9.07. The second kappa shape index (κ2) is 13.0. The lowest BCUT2D eigenvalue weighted by atomic mass is 9.85. The number of Topliss-reactive ketones (excluding diaryl/α,β-unsaturated/α-hetero) is 2. The monoisotopic (exact) mass is 459 g/mol. The van der Waals surface area contributed by atoms with E-state index in [-0.39, 0.29) is 11.6 Å². The van der Waals surface area contributed by atoms with Gasteiger partial charge >= 0.3 is 0 Å². The molecule has 34 heavy (non-hydrogen) atoms.